The molecule has 1 spiro atoms. The maximum atomic E-state index is 13.4. The highest BCUT2D eigenvalue weighted by atomic mass is 32.2. The topological polar surface area (TPSA) is 70.5 Å². The van der Waals surface area contributed by atoms with Crippen molar-refractivity contribution in [2.45, 2.75) is 55.8 Å². The number of anilines is 2. The third kappa shape index (κ3) is 7.45. The molecule has 6 rings (SSSR count). The Labute approximate surface area is 243 Å². The van der Waals surface area contributed by atoms with Gasteiger partial charge in [0.1, 0.15) is 12.3 Å². The lowest BCUT2D eigenvalue weighted by molar-refractivity contribution is -0.140. The molecule has 3 aromatic rings. The number of phenols is 1. The lowest BCUT2D eigenvalue weighted by Crippen LogP contribution is -2.64. The Morgan fingerprint density at radius 1 is 1.10 bits per heavy atom. The Morgan fingerprint density at radius 3 is 2.46 bits per heavy atom. The molecule has 0 unspecified atom stereocenters. The van der Waals surface area contributed by atoms with E-state index in [0.717, 1.165) is 42.0 Å². The molecule has 220 valence electrons. The van der Waals surface area contributed by atoms with Gasteiger partial charge in [-0.1, -0.05) is 31.2 Å². The van der Waals surface area contributed by atoms with E-state index in [1.165, 1.54) is 48.7 Å². The second-order valence-electron chi connectivity index (χ2n) is 11.1. The van der Waals surface area contributed by atoms with E-state index in [0.29, 0.717) is 28.4 Å². The zero-order valence-electron chi connectivity index (χ0n) is 23.2. The molecule has 0 amide bonds. The average Bonchev–Trinajstić information content (AvgIpc) is 3.23. The molecule has 1 aliphatic carbocycles. The SMILES string of the molecule is C1NCC12COC2.CSc1ccc(NCC#Cc2cc3c(NC4CCCCC4)cccc3n2CC(F)(F)F)c(O)c1. The number of hydrogen-bond acceptors (Lipinski definition) is 6. The standard InChI is InChI=1S/C26H28F3N3OS.C5H9NO/c1-34-20-12-13-23(25(33)16-20)30-14-6-9-19-15-21-22(31-18-7-3-2-4-8-18)10-5-11-24(21)32(19)17-26(27,28)29;1-5(2-6-1)3-7-4-5/h5,10-13,15-16,18,30-31,33H,2-4,7-8,14,17H2,1H3;6H,1-4H2. The molecule has 6 nitrogen and oxygen atoms in total. The van der Waals surface area contributed by atoms with Crippen LogP contribution in [0.4, 0.5) is 24.5 Å². The van der Waals surface area contributed by atoms with Crippen molar-refractivity contribution in [1.29, 1.82) is 0 Å². The van der Waals surface area contributed by atoms with E-state index in [2.05, 4.69) is 27.8 Å². The van der Waals surface area contributed by atoms with Crippen LogP contribution in [0.5, 0.6) is 5.75 Å². The van der Waals surface area contributed by atoms with Gasteiger partial charge in [-0.25, -0.2) is 0 Å². The molecule has 3 heterocycles. The van der Waals surface area contributed by atoms with Crippen LogP contribution in [0.1, 0.15) is 37.8 Å². The Balaban J connectivity index is 0.000000414. The number of fused-ring (bicyclic) bond motifs is 1. The van der Waals surface area contributed by atoms with Crippen molar-refractivity contribution < 1.29 is 23.0 Å². The van der Waals surface area contributed by atoms with Gasteiger partial charge >= 0.3 is 6.18 Å². The van der Waals surface area contributed by atoms with Crippen LogP contribution in [0.25, 0.3) is 10.9 Å². The largest absolute Gasteiger partial charge is 0.506 e. The number of nitrogens with one attached hydrogen (secondary N) is 3. The highest BCUT2D eigenvalue weighted by molar-refractivity contribution is 7.98. The fourth-order valence-electron chi connectivity index (χ4n) is 5.47. The second kappa shape index (κ2) is 12.9. The predicted octanol–water partition coefficient (Wildman–Crippen LogP) is 6.45. The van der Waals surface area contributed by atoms with E-state index in [9.17, 15) is 18.3 Å². The van der Waals surface area contributed by atoms with Crippen LogP contribution in [0.3, 0.4) is 0 Å². The van der Waals surface area contributed by atoms with Gasteiger partial charge in [-0.2, -0.15) is 13.2 Å². The van der Waals surface area contributed by atoms with Gasteiger partial charge in [0.25, 0.3) is 0 Å². The first-order valence-electron chi connectivity index (χ1n) is 14.1. The molecular weight excluding hydrogens is 549 g/mol. The van der Waals surface area contributed by atoms with Gasteiger partial charge in [0.15, 0.2) is 0 Å². The van der Waals surface area contributed by atoms with Gasteiger partial charge in [-0.05, 0) is 61.4 Å². The minimum absolute atomic E-state index is 0.110. The first kappa shape index (κ1) is 29.5. The number of hydrogen-bond donors (Lipinski definition) is 4. The summed E-state index contributed by atoms with van der Waals surface area (Å²) in [5.74, 6) is 5.92. The predicted molar refractivity (Wildman–Crippen MR) is 160 cm³/mol. The van der Waals surface area contributed by atoms with Gasteiger partial charge in [-0.15, -0.1) is 11.8 Å². The number of benzene rings is 2. The van der Waals surface area contributed by atoms with Crippen LogP contribution in [0.2, 0.25) is 0 Å². The number of phenolic OH excluding ortho intramolecular Hbond substituents is 1. The van der Waals surface area contributed by atoms with Crippen LogP contribution in [0.15, 0.2) is 47.4 Å². The monoisotopic (exact) mass is 586 g/mol. The number of rotatable bonds is 6. The van der Waals surface area contributed by atoms with E-state index in [-0.39, 0.29) is 12.3 Å². The zero-order chi connectivity index (χ0) is 28.9. The molecule has 1 aromatic heterocycles. The number of halogens is 3. The van der Waals surface area contributed by atoms with E-state index in [1.54, 1.807) is 30.3 Å². The highest BCUT2D eigenvalue weighted by Gasteiger charge is 2.43. The summed E-state index contributed by atoms with van der Waals surface area (Å²) >= 11 is 1.52. The zero-order valence-corrected chi connectivity index (χ0v) is 24.1. The fraction of sp³-hybridized carbons (Fsp3) is 0.484. The van der Waals surface area contributed by atoms with Crippen molar-refractivity contribution in [3.8, 4) is 17.6 Å². The molecule has 41 heavy (non-hydrogen) atoms. The third-order valence-electron chi connectivity index (χ3n) is 7.85. The van der Waals surface area contributed by atoms with Crippen LogP contribution in [-0.2, 0) is 11.3 Å². The van der Waals surface area contributed by atoms with Crippen LogP contribution >= 0.6 is 11.8 Å². The molecule has 2 aromatic carbocycles. The van der Waals surface area contributed by atoms with E-state index in [4.69, 9.17) is 4.74 Å². The minimum Gasteiger partial charge on any atom is -0.506 e. The van der Waals surface area contributed by atoms with Gasteiger partial charge in [0.05, 0.1) is 36.7 Å². The van der Waals surface area contributed by atoms with Gasteiger partial charge in [0.2, 0.25) is 0 Å². The van der Waals surface area contributed by atoms with Crippen LogP contribution in [-0.4, -0.2) is 61.0 Å². The summed E-state index contributed by atoms with van der Waals surface area (Å²) in [5.41, 5.74) is 2.82. The second-order valence-corrected chi connectivity index (χ2v) is 12.0. The number of aromatic nitrogens is 1. The molecule has 1 saturated carbocycles. The molecule has 4 N–H and O–H groups in total. The van der Waals surface area contributed by atoms with Crippen molar-refractivity contribution in [1.82, 2.24) is 9.88 Å². The maximum absolute atomic E-state index is 13.4. The fourth-order valence-corrected chi connectivity index (χ4v) is 5.90. The molecule has 3 fully saturated rings. The average molecular weight is 587 g/mol. The Morgan fingerprint density at radius 2 is 1.88 bits per heavy atom. The quantitative estimate of drug-likeness (QED) is 0.151. The summed E-state index contributed by atoms with van der Waals surface area (Å²) in [5, 5.41) is 20.7. The first-order chi connectivity index (χ1) is 19.8. The van der Waals surface area contributed by atoms with Gasteiger partial charge in [0, 0.05) is 40.5 Å². The molecule has 0 atom stereocenters. The summed E-state index contributed by atoms with van der Waals surface area (Å²) in [6.07, 6.45) is 3.27. The van der Waals surface area contributed by atoms with Crippen LogP contribution in [0, 0.1) is 17.3 Å². The summed E-state index contributed by atoms with van der Waals surface area (Å²) in [6.45, 7) is 3.46. The van der Waals surface area contributed by atoms with Gasteiger partial charge in [-0.3, -0.25) is 0 Å². The Kier molecular flexibility index (Phi) is 9.27. The van der Waals surface area contributed by atoms with E-state index in [1.807, 2.05) is 18.4 Å². The molecule has 10 heteroatoms. The summed E-state index contributed by atoms with van der Waals surface area (Å²) in [7, 11) is 0. The smallest absolute Gasteiger partial charge is 0.406 e. The lowest BCUT2D eigenvalue weighted by Gasteiger charge is -2.48. The summed E-state index contributed by atoms with van der Waals surface area (Å²) < 4.78 is 46.4. The number of aromatic hydroxyl groups is 1. The lowest BCUT2D eigenvalue weighted by atomic mass is 9.80. The normalized spacial score (nSPS) is 18.0. The van der Waals surface area contributed by atoms with Gasteiger partial charge < -0.3 is 30.4 Å². The molecule has 2 saturated heterocycles. The van der Waals surface area contributed by atoms with Crippen molar-refractivity contribution in [2.75, 3.05) is 49.7 Å². The van der Waals surface area contributed by atoms with Crippen molar-refractivity contribution in [3.05, 3.63) is 48.2 Å². The van der Waals surface area contributed by atoms with Crippen molar-refractivity contribution >= 4 is 34.0 Å². The summed E-state index contributed by atoms with van der Waals surface area (Å²) in [6, 6.07) is 12.8. The molecule has 0 radical (unpaired) electrons. The first-order valence-corrected chi connectivity index (χ1v) is 15.3. The number of thioether (sulfide) groups is 1. The highest BCUT2D eigenvalue weighted by Crippen LogP contribution is 2.33. The van der Waals surface area contributed by atoms with Crippen molar-refractivity contribution in [3.63, 3.8) is 0 Å². The number of alkyl halides is 3. The maximum Gasteiger partial charge on any atom is 0.406 e. The van der Waals surface area contributed by atoms with Crippen LogP contribution < -0.4 is 16.0 Å². The Hall–Kier alpha value is -3.00. The molecule has 3 aliphatic rings. The van der Waals surface area contributed by atoms with E-state index < -0.39 is 12.7 Å². The number of nitrogens with zero attached hydrogens (tertiary/aromatic N) is 1. The summed E-state index contributed by atoms with van der Waals surface area (Å²) in [4.78, 5) is 0.934. The Bertz CT molecular complexity index is 1380. The third-order valence-corrected chi connectivity index (χ3v) is 8.58. The molecular formula is C31H37F3N4O2S. The molecule has 0 bridgehead atoms. The van der Waals surface area contributed by atoms with E-state index >= 15 is 0 Å². The number of ether oxygens (including phenoxy) is 1. The van der Waals surface area contributed by atoms with Crippen molar-refractivity contribution in [2.24, 2.45) is 5.41 Å². The minimum atomic E-state index is -4.36. The molecule has 2 aliphatic heterocycles.